The molecule has 0 aliphatic rings. The number of rotatable bonds is 4. The van der Waals surface area contributed by atoms with E-state index < -0.39 is 6.36 Å². The van der Waals surface area contributed by atoms with Crippen molar-refractivity contribution < 1.29 is 27.1 Å². The van der Waals surface area contributed by atoms with Crippen LogP contribution in [0.1, 0.15) is 21.7 Å². The van der Waals surface area contributed by atoms with Gasteiger partial charge in [0.1, 0.15) is 11.5 Å². The lowest BCUT2D eigenvalue weighted by Crippen LogP contribution is -2.27. The second kappa shape index (κ2) is 6.13. The number of benzene rings is 1. The predicted octanol–water partition coefficient (Wildman–Crippen LogP) is 3.76. The van der Waals surface area contributed by atoms with E-state index in [1.54, 1.807) is 13.0 Å². The SMILES string of the molecule is Cc1occc1C(=O)N(C)Cc1ccccc1OC(F)(F)F. The zero-order valence-corrected chi connectivity index (χ0v) is 12.0. The third-order valence-corrected chi connectivity index (χ3v) is 3.04. The minimum Gasteiger partial charge on any atom is -0.469 e. The van der Waals surface area contributed by atoms with E-state index in [2.05, 4.69) is 4.74 Å². The summed E-state index contributed by atoms with van der Waals surface area (Å²) in [6, 6.07) is 7.23. The molecule has 0 bridgehead atoms. The molecule has 1 aromatic carbocycles. The van der Waals surface area contributed by atoms with Gasteiger partial charge in [-0.2, -0.15) is 0 Å². The van der Waals surface area contributed by atoms with Crippen molar-refractivity contribution in [1.82, 2.24) is 4.90 Å². The number of nitrogens with zero attached hydrogens (tertiary/aromatic N) is 1. The van der Waals surface area contributed by atoms with Gasteiger partial charge in [0.2, 0.25) is 0 Å². The summed E-state index contributed by atoms with van der Waals surface area (Å²) in [5.41, 5.74) is 0.633. The van der Waals surface area contributed by atoms with Crippen LogP contribution in [0.3, 0.4) is 0 Å². The Balaban J connectivity index is 2.17. The Morgan fingerprint density at radius 1 is 1.27 bits per heavy atom. The number of para-hydroxylation sites is 1. The van der Waals surface area contributed by atoms with Crippen LogP contribution in [0, 0.1) is 6.92 Å². The average Bonchev–Trinajstić information content (AvgIpc) is 2.84. The molecule has 0 aliphatic heterocycles. The number of alkyl halides is 3. The van der Waals surface area contributed by atoms with Crippen LogP contribution in [0.5, 0.6) is 5.75 Å². The molecule has 0 aliphatic carbocycles. The van der Waals surface area contributed by atoms with E-state index in [0.29, 0.717) is 11.3 Å². The number of hydrogen-bond acceptors (Lipinski definition) is 3. The highest BCUT2D eigenvalue weighted by molar-refractivity contribution is 5.94. The smallest absolute Gasteiger partial charge is 0.469 e. The van der Waals surface area contributed by atoms with Gasteiger partial charge in [-0.25, -0.2) is 0 Å². The van der Waals surface area contributed by atoms with Crippen LogP contribution >= 0.6 is 0 Å². The molecule has 1 amide bonds. The summed E-state index contributed by atoms with van der Waals surface area (Å²) in [6.07, 6.45) is -3.39. The summed E-state index contributed by atoms with van der Waals surface area (Å²) in [5, 5.41) is 0. The minimum absolute atomic E-state index is 0.0181. The summed E-state index contributed by atoms with van der Waals surface area (Å²) in [5.74, 6) is -0.205. The molecule has 0 unspecified atom stereocenters. The van der Waals surface area contributed by atoms with Gasteiger partial charge in [0.25, 0.3) is 5.91 Å². The summed E-state index contributed by atoms with van der Waals surface area (Å²) in [6.45, 7) is 1.62. The fraction of sp³-hybridized carbons (Fsp3) is 0.267. The van der Waals surface area contributed by atoms with E-state index in [4.69, 9.17) is 4.42 Å². The highest BCUT2D eigenvalue weighted by Gasteiger charge is 2.32. The van der Waals surface area contributed by atoms with Gasteiger partial charge in [-0.3, -0.25) is 4.79 Å². The van der Waals surface area contributed by atoms with E-state index in [1.807, 2.05) is 0 Å². The minimum atomic E-state index is -4.78. The van der Waals surface area contributed by atoms with E-state index >= 15 is 0 Å². The summed E-state index contributed by atoms with van der Waals surface area (Å²) < 4.78 is 46.2. The summed E-state index contributed by atoms with van der Waals surface area (Å²) in [7, 11) is 1.50. The number of carbonyl (C=O) groups excluding carboxylic acids is 1. The maximum atomic E-state index is 12.4. The molecule has 0 fully saturated rings. The molecule has 7 heteroatoms. The number of halogens is 3. The molecule has 0 saturated heterocycles. The van der Waals surface area contributed by atoms with Crippen LogP contribution in [0.2, 0.25) is 0 Å². The van der Waals surface area contributed by atoms with E-state index in [1.165, 1.54) is 42.5 Å². The van der Waals surface area contributed by atoms with Crippen LogP contribution in [-0.4, -0.2) is 24.2 Å². The normalized spacial score (nSPS) is 11.3. The Labute approximate surface area is 125 Å². The third-order valence-electron chi connectivity index (χ3n) is 3.04. The molecule has 0 radical (unpaired) electrons. The van der Waals surface area contributed by atoms with Gasteiger partial charge in [0.15, 0.2) is 0 Å². The van der Waals surface area contributed by atoms with Gasteiger partial charge >= 0.3 is 6.36 Å². The van der Waals surface area contributed by atoms with Crippen molar-refractivity contribution in [2.75, 3.05) is 7.05 Å². The monoisotopic (exact) mass is 313 g/mol. The van der Waals surface area contributed by atoms with Crippen molar-refractivity contribution in [3.8, 4) is 5.75 Å². The molecule has 118 valence electrons. The fourth-order valence-corrected chi connectivity index (χ4v) is 2.00. The Morgan fingerprint density at radius 3 is 2.55 bits per heavy atom. The fourth-order valence-electron chi connectivity index (χ4n) is 2.00. The van der Waals surface area contributed by atoms with Crippen LogP contribution in [0.25, 0.3) is 0 Å². The van der Waals surface area contributed by atoms with E-state index in [0.717, 1.165) is 0 Å². The lowest BCUT2D eigenvalue weighted by Gasteiger charge is -2.19. The van der Waals surface area contributed by atoms with Crippen molar-refractivity contribution in [3.63, 3.8) is 0 Å². The van der Waals surface area contributed by atoms with Crippen LogP contribution in [-0.2, 0) is 6.54 Å². The highest BCUT2D eigenvalue weighted by Crippen LogP contribution is 2.27. The Kier molecular flexibility index (Phi) is 4.44. The van der Waals surface area contributed by atoms with Gasteiger partial charge in [0.05, 0.1) is 11.8 Å². The van der Waals surface area contributed by atoms with Gasteiger partial charge in [-0.15, -0.1) is 13.2 Å². The van der Waals surface area contributed by atoms with E-state index in [-0.39, 0.29) is 23.8 Å². The third kappa shape index (κ3) is 3.81. The summed E-state index contributed by atoms with van der Waals surface area (Å²) in [4.78, 5) is 13.5. The van der Waals surface area contributed by atoms with Crippen LogP contribution in [0.15, 0.2) is 41.0 Å². The molecule has 1 aromatic heterocycles. The first kappa shape index (κ1) is 15.9. The van der Waals surface area contributed by atoms with Gasteiger partial charge < -0.3 is 14.1 Å². The molecule has 2 aromatic rings. The predicted molar refractivity (Wildman–Crippen MR) is 72.4 cm³/mol. The van der Waals surface area contributed by atoms with Crippen LogP contribution < -0.4 is 4.74 Å². The number of carbonyl (C=O) groups is 1. The first-order chi connectivity index (χ1) is 10.3. The molecule has 2 rings (SSSR count). The van der Waals surface area contributed by atoms with Gasteiger partial charge in [0, 0.05) is 19.2 Å². The number of aryl methyl sites for hydroxylation is 1. The zero-order valence-electron chi connectivity index (χ0n) is 12.0. The topological polar surface area (TPSA) is 42.7 Å². The molecular weight excluding hydrogens is 299 g/mol. The average molecular weight is 313 g/mol. The maximum absolute atomic E-state index is 12.4. The molecular formula is C15H14F3NO3. The van der Waals surface area contributed by atoms with Crippen molar-refractivity contribution in [1.29, 1.82) is 0 Å². The van der Waals surface area contributed by atoms with Crippen molar-refractivity contribution >= 4 is 5.91 Å². The molecule has 0 atom stereocenters. The molecule has 0 spiro atoms. The second-order valence-electron chi connectivity index (χ2n) is 4.71. The number of ether oxygens (including phenoxy) is 1. The Bertz CT molecular complexity index is 664. The first-order valence-electron chi connectivity index (χ1n) is 6.41. The van der Waals surface area contributed by atoms with Crippen LogP contribution in [0.4, 0.5) is 13.2 Å². The first-order valence-corrected chi connectivity index (χ1v) is 6.41. The molecule has 4 nitrogen and oxygen atoms in total. The van der Waals surface area contributed by atoms with E-state index in [9.17, 15) is 18.0 Å². The Hall–Kier alpha value is -2.44. The number of furan rings is 1. The highest BCUT2D eigenvalue weighted by atomic mass is 19.4. The number of amides is 1. The molecule has 22 heavy (non-hydrogen) atoms. The van der Waals surface area contributed by atoms with Gasteiger partial charge in [-0.1, -0.05) is 18.2 Å². The molecule has 0 saturated carbocycles. The second-order valence-corrected chi connectivity index (χ2v) is 4.71. The van der Waals surface area contributed by atoms with Crippen molar-refractivity contribution in [3.05, 3.63) is 53.5 Å². The molecule has 1 heterocycles. The van der Waals surface area contributed by atoms with Crippen molar-refractivity contribution in [2.24, 2.45) is 0 Å². The largest absolute Gasteiger partial charge is 0.573 e. The zero-order chi connectivity index (χ0) is 16.3. The lowest BCUT2D eigenvalue weighted by atomic mass is 10.1. The standard InChI is InChI=1S/C15H14F3NO3/c1-10-12(7-8-21-10)14(20)19(2)9-11-5-3-4-6-13(11)22-15(16,17)18/h3-8H,9H2,1-2H3. The van der Waals surface area contributed by atoms with Gasteiger partial charge in [-0.05, 0) is 19.1 Å². The maximum Gasteiger partial charge on any atom is 0.573 e. The molecule has 0 N–H and O–H groups in total. The lowest BCUT2D eigenvalue weighted by molar-refractivity contribution is -0.274. The Morgan fingerprint density at radius 2 is 1.95 bits per heavy atom. The summed E-state index contributed by atoms with van der Waals surface area (Å²) >= 11 is 0. The number of hydrogen-bond donors (Lipinski definition) is 0. The van der Waals surface area contributed by atoms with Crippen molar-refractivity contribution in [2.45, 2.75) is 19.8 Å². The quantitative estimate of drug-likeness (QED) is 0.863.